The van der Waals surface area contributed by atoms with Crippen molar-refractivity contribution in [3.63, 3.8) is 0 Å². The minimum atomic E-state index is -0.00838. The molecule has 2 N–H and O–H groups in total. The van der Waals surface area contributed by atoms with Gasteiger partial charge in [-0.15, -0.1) is 0 Å². The van der Waals surface area contributed by atoms with Crippen molar-refractivity contribution in [1.29, 1.82) is 0 Å². The Morgan fingerprint density at radius 3 is 2.90 bits per heavy atom. The molecule has 4 nitrogen and oxygen atoms in total. The molecule has 3 rings (SSSR count). The number of hydrogen-bond acceptors (Lipinski definition) is 3. The molecule has 0 spiro atoms. The van der Waals surface area contributed by atoms with Crippen LogP contribution in [-0.4, -0.2) is 37.0 Å². The quantitative estimate of drug-likeness (QED) is 0.909. The number of amides is 1. The van der Waals surface area contributed by atoms with Gasteiger partial charge in [-0.3, -0.25) is 4.79 Å². The smallest absolute Gasteiger partial charge is 0.257 e. The number of carbonyl (C=O) groups is 1. The van der Waals surface area contributed by atoms with Gasteiger partial charge in [-0.25, -0.2) is 0 Å². The van der Waals surface area contributed by atoms with Gasteiger partial charge >= 0.3 is 0 Å². The van der Waals surface area contributed by atoms with Crippen LogP contribution in [0.5, 0.6) is 5.75 Å². The van der Waals surface area contributed by atoms with Crippen LogP contribution in [0.15, 0.2) is 18.2 Å². The average molecular weight is 295 g/mol. The second-order valence-corrected chi connectivity index (χ2v) is 6.16. The van der Waals surface area contributed by atoms with Gasteiger partial charge in [0.15, 0.2) is 0 Å². The summed E-state index contributed by atoms with van der Waals surface area (Å²) in [6.45, 7) is 1.55. The van der Waals surface area contributed by atoms with E-state index in [2.05, 4.69) is 0 Å². The van der Waals surface area contributed by atoms with Gasteiger partial charge < -0.3 is 15.4 Å². The van der Waals surface area contributed by atoms with Gasteiger partial charge in [0.25, 0.3) is 5.91 Å². The van der Waals surface area contributed by atoms with Crippen molar-refractivity contribution in [1.82, 2.24) is 4.90 Å². The predicted molar refractivity (Wildman–Crippen MR) is 78.1 cm³/mol. The largest absolute Gasteiger partial charge is 0.496 e. The van der Waals surface area contributed by atoms with E-state index >= 15 is 0 Å². The molecule has 0 bridgehead atoms. The number of nitrogens with zero attached hydrogens (tertiary/aromatic N) is 1. The molecule has 0 radical (unpaired) electrons. The van der Waals surface area contributed by atoms with E-state index < -0.39 is 0 Å². The van der Waals surface area contributed by atoms with Crippen LogP contribution in [-0.2, 0) is 0 Å². The zero-order chi connectivity index (χ0) is 14.3. The van der Waals surface area contributed by atoms with Crippen LogP contribution in [0.1, 0.15) is 23.2 Å². The standard InChI is InChI=1S/C15H19ClN2O2/c1-20-14-5-3-10(16)6-11(14)15(19)18-7-9-2-4-13(17)12(9)8-18/h3,5-6,9,12-13H,2,4,7-8,17H2,1H3. The Morgan fingerprint density at radius 2 is 2.20 bits per heavy atom. The van der Waals surface area contributed by atoms with Crippen LogP contribution < -0.4 is 10.5 Å². The second-order valence-electron chi connectivity index (χ2n) is 5.72. The fourth-order valence-corrected chi connectivity index (χ4v) is 3.66. The Morgan fingerprint density at radius 1 is 1.40 bits per heavy atom. The van der Waals surface area contributed by atoms with Gasteiger partial charge in [0, 0.05) is 24.2 Å². The third-order valence-electron chi connectivity index (χ3n) is 4.59. The minimum Gasteiger partial charge on any atom is -0.496 e. The Labute approximate surface area is 123 Å². The molecule has 3 atom stereocenters. The number of halogens is 1. The lowest BCUT2D eigenvalue weighted by atomic mass is 9.98. The minimum absolute atomic E-state index is 0.00838. The number of methoxy groups -OCH3 is 1. The van der Waals surface area contributed by atoms with Crippen LogP contribution in [0.2, 0.25) is 5.02 Å². The number of benzene rings is 1. The normalized spacial score (nSPS) is 28.6. The highest BCUT2D eigenvalue weighted by molar-refractivity contribution is 6.31. The molecule has 2 fully saturated rings. The molecule has 1 heterocycles. The Balaban J connectivity index is 1.82. The van der Waals surface area contributed by atoms with E-state index in [-0.39, 0.29) is 11.9 Å². The molecule has 5 heteroatoms. The van der Waals surface area contributed by atoms with Gasteiger partial charge in [-0.05, 0) is 42.9 Å². The Kier molecular flexibility index (Phi) is 3.61. The van der Waals surface area contributed by atoms with Gasteiger partial charge in [-0.2, -0.15) is 0 Å². The highest BCUT2D eigenvalue weighted by Crippen LogP contribution is 2.38. The number of hydrogen-bond donors (Lipinski definition) is 1. The third kappa shape index (κ3) is 2.27. The Bertz CT molecular complexity index is 535. The fraction of sp³-hybridized carbons (Fsp3) is 0.533. The summed E-state index contributed by atoms with van der Waals surface area (Å²) >= 11 is 6.00. The molecule has 1 aromatic rings. The SMILES string of the molecule is COc1ccc(Cl)cc1C(=O)N1CC2CCC(N)C2C1. The van der Waals surface area contributed by atoms with Gasteiger partial charge in [-0.1, -0.05) is 11.6 Å². The molecule has 1 aliphatic carbocycles. The summed E-state index contributed by atoms with van der Waals surface area (Å²) in [6.07, 6.45) is 2.21. The van der Waals surface area contributed by atoms with Crippen LogP contribution in [0.25, 0.3) is 0 Å². The molecule has 20 heavy (non-hydrogen) atoms. The maximum atomic E-state index is 12.7. The van der Waals surface area contributed by atoms with Gasteiger partial charge in [0.2, 0.25) is 0 Å². The van der Waals surface area contributed by atoms with Crippen LogP contribution in [0.4, 0.5) is 0 Å². The van der Waals surface area contributed by atoms with Gasteiger partial charge in [0.05, 0.1) is 12.7 Å². The first-order valence-corrected chi connectivity index (χ1v) is 7.36. The lowest BCUT2D eigenvalue weighted by Crippen LogP contribution is -2.33. The van der Waals surface area contributed by atoms with E-state index in [1.807, 2.05) is 4.90 Å². The topological polar surface area (TPSA) is 55.6 Å². The monoisotopic (exact) mass is 294 g/mol. The summed E-state index contributed by atoms with van der Waals surface area (Å²) in [7, 11) is 1.56. The summed E-state index contributed by atoms with van der Waals surface area (Å²) in [5.41, 5.74) is 6.65. The van der Waals surface area contributed by atoms with Crippen LogP contribution >= 0.6 is 11.6 Å². The summed E-state index contributed by atoms with van der Waals surface area (Å²) in [5, 5.41) is 0.547. The molecule has 1 amide bonds. The number of rotatable bonds is 2. The first kappa shape index (κ1) is 13.7. The molecule has 1 aromatic carbocycles. The fourth-order valence-electron chi connectivity index (χ4n) is 3.49. The van der Waals surface area contributed by atoms with Crippen molar-refractivity contribution in [3.05, 3.63) is 28.8 Å². The lowest BCUT2D eigenvalue weighted by molar-refractivity contribution is 0.0776. The zero-order valence-electron chi connectivity index (χ0n) is 11.5. The maximum absolute atomic E-state index is 12.7. The van der Waals surface area contributed by atoms with E-state index in [1.165, 1.54) is 0 Å². The molecular formula is C15H19ClN2O2. The van der Waals surface area contributed by atoms with Crippen LogP contribution in [0.3, 0.4) is 0 Å². The van der Waals surface area contributed by atoms with Crippen molar-refractivity contribution in [2.24, 2.45) is 17.6 Å². The summed E-state index contributed by atoms with van der Waals surface area (Å²) in [5.74, 6) is 1.56. The maximum Gasteiger partial charge on any atom is 0.257 e. The first-order valence-electron chi connectivity index (χ1n) is 6.98. The highest BCUT2D eigenvalue weighted by atomic mass is 35.5. The average Bonchev–Trinajstić information content (AvgIpc) is 3.00. The summed E-state index contributed by atoms with van der Waals surface area (Å²) in [6, 6.07) is 5.37. The number of nitrogens with two attached hydrogens (primary N) is 1. The molecular weight excluding hydrogens is 276 g/mol. The highest BCUT2D eigenvalue weighted by Gasteiger charge is 2.42. The summed E-state index contributed by atoms with van der Waals surface area (Å²) in [4.78, 5) is 14.6. The van der Waals surface area contributed by atoms with E-state index in [4.69, 9.17) is 22.1 Å². The predicted octanol–water partition coefficient (Wildman–Crippen LogP) is 2.16. The third-order valence-corrected chi connectivity index (χ3v) is 4.83. The number of fused-ring (bicyclic) bond motifs is 1. The van der Waals surface area contributed by atoms with Crippen molar-refractivity contribution in [2.75, 3.05) is 20.2 Å². The lowest BCUT2D eigenvalue weighted by Gasteiger charge is -2.20. The van der Waals surface area contributed by atoms with E-state index in [0.717, 1.165) is 25.9 Å². The second kappa shape index (κ2) is 5.26. The van der Waals surface area contributed by atoms with Gasteiger partial charge in [0.1, 0.15) is 5.75 Å². The van der Waals surface area contributed by atoms with E-state index in [9.17, 15) is 4.79 Å². The number of carbonyl (C=O) groups excluding carboxylic acids is 1. The zero-order valence-corrected chi connectivity index (χ0v) is 12.3. The number of likely N-dealkylation sites (tertiary alicyclic amines) is 1. The Hall–Kier alpha value is -1.26. The number of ether oxygens (including phenoxy) is 1. The van der Waals surface area contributed by atoms with Crippen LogP contribution in [0, 0.1) is 11.8 Å². The molecule has 0 aromatic heterocycles. The molecule has 1 saturated heterocycles. The molecule has 3 unspecified atom stereocenters. The summed E-state index contributed by atoms with van der Waals surface area (Å²) < 4.78 is 5.27. The first-order chi connectivity index (χ1) is 9.60. The van der Waals surface area contributed by atoms with Crippen molar-refractivity contribution < 1.29 is 9.53 Å². The van der Waals surface area contributed by atoms with E-state index in [0.29, 0.717) is 28.2 Å². The van der Waals surface area contributed by atoms with Crippen molar-refractivity contribution in [2.45, 2.75) is 18.9 Å². The molecule has 2 aliphatic rings. The molecule has 1 aliphatic heterocycles. The van der Waals surface area contributed by atoms with Crippen molar-refractivity contribution in [3.8, 4) is 5.75 Å². The van der Waals surface area contributed by atoms with Crippen molar-refractivity contribution >= 4 is 17.5 Å². The molecule has 1 saturated carbocycles. The molecule has 108 valence electrons. The van der Waals surface area contributed by atoms with E-state index in [1.54, 1.807) is 25.3 Å².